The maximum atomic E-state index is 11.5. The van der Waals surface area contributed by atoms with Gasteiger partial charge in [0.1, 0.15) is 0 Å². The van der Waals surface area contributed by atoms with E-state index in [-0.39, 0.29) is 11.8 Å². The van der Waals surface area contributed by atoms with Crippen LogP contribution in [0.15, 0.2) is 41.0 Å². The van der Waals surface area contributed by atoms with Gasteiger partial charge < -0.3 is 14.5 Å². The second-order valence-corrected chi connectivity index (χ2v) is 4.73. The topological polar surface area (TPSA) is 51.5 Å². The van der Waals surface area contributed by atoms with E-state index in [0.717, 1.165) is 5.56 Å². The van der Waals surface area contributed by atoms with Gasteiger partial charge in [0.15, 0.2) is 0 Å². The molecule has 106 valence electrons. The zero-order valence-electron chi connectivity index (χ0n) is 12.0. The quantitative estimate of drug-likeness (QED) is 0.850. The summed E-state index contributed by atoms with van der Waals surface area (Å²) in [6, 6.07) is 10.2. The molecule has 0 aliphatic rings. The van der Waals surface area contributed by atoms with Gasteiger partial charge in [-0.05, 0) is 31.0 Å². The molecule has 0 bridgehead atoms. The van der Waals surface area contributed by atoms with Gasteiger partial charge in [-0.25, -0.2) is 4.79 Å². The average Bonchev–Trinajstić information content (AvgIpc) is 2.93. The van der Waals surface area contributed by atoms with E-state index in [1.165, 1.54) is 24.5 Å². The lowest BCUT2D eigenvalue weighted by atomic mass is 10.0. The number of hydrogen-bond donors (Lipinski definition) is 1. The summed E-state index contributed by atoms with van der Waals surface area (Å²) in [4.78, 5) is 11.5. The first-order valence-electron chi connectivity index (χ1n) is 6.57. The summed E-state index contributed by atoms with van der Waals surface area (Å²) >= 11 is 0. The average molecular weight is 273 g/mol. The number of nitrogens with one attached hydrogen (secondary N) is 1. The summed E-state index contributed by atoms with van der Waals surface area (Å²) in [5.74, 6) is -0.188. The van der Waals surface area contributed by atoms with Crippen molar-refractivity contribution in [3.63, 3.8) is 0 Å². The predicted octanol–water partition coefficient (Wildman–Crippen LogP) is 3.23. The van der Waals surface area contributed by atoms with Crippen LogP contribution in [-0.2, 0) is 11.3 Å². The first-order chi connectivity index (χ1) is 9.63. The minimum atomic E-state index is -0.449. The van der Waals surface area contributed by atoms with Gasteiger partial charge in [-0.1, -0.05) is 24.3 Å². The highest BCUT2D eigenvalue weighted by Gasteiger charge is 2.16. The van der Waals surface area contributed by atoms with Crippen molar-refractivity contribution >= 4 is 5.97 Å². The third kappa shape index (κ3) is 3.08. The van der Waals surface area contributed by atoms with Crippen LogP contribution >= 0.6 is 0 Å². The van der Waals surface area contributed by atoms with E-state index in [4.69, 9.17) is 4.42 Å². The normalized spacial score (nSPS) is 12.2. The van der Waals surface area contributed by atoms with Crippen LogP contribution in [0, 0.1) is 6.92 Å². The lowest BCUT2D eigenvalue weighted by Gasteiger charge is -2.16. The SMILES string of the molecule is COC(=O)c1occc1CN[C@@H](C)c1ccccc1C. The molecular weight excluding hydrogens is 254 g/mol. The zero-order chi connectivity index (χ0) is 14.5. The van der Waals surface area contributed by atoms with Gasteiger partial charge in [-0.3, -0.25) is 0 Å². The summed E-state index contributed by atoms with van der Waals surface area (Å²) in [6.45, 7) is 4.74. The molecule has 0 aliphatic heterocycles. The van der Waals surface area contributed by atoms with Gasteiger partial charge in [0, 0.05) is 18.2 Å². The van der Waals surface area contributed by atoms with Crippen LogP contribution in [0.3, 0.4) is 0 Å². The van der Waals surface area contributed by atoms with Crippen LogP contribution < -0.4 is 5.32 Å². The number of methoxy groups -OCH3 is 1. The second kappa shape index (κ2) is 6.39. The molecule has 0 fully saturated rings. The highest BCUT2D eigenvalue weighted by Crippen LogP contribution is 2.18. The van der Waals surface area contributed by atoms with Crippen molar-refractivity contribution in [1.82, 2.24) is 5.32 Å². The van der Waals surface area contributed by atoms with Crippen molar-refractivity contribution in [3.8, 4) is 0 Å². The van der Waals surface area contributed by atoms with Crippen molar-refractivity contribution in [1.29, 1.82) is 0 Å². The fraction of sp³-hybridized carbons (Fsp3) is 0.312. The molecule has 4 heteroatoms. The Hall–Kier alpha value is -2.07. The molecule has 0 radical (unpaired) electrons. The van der Waals surface area contributed by atoms with Gasteiger partial charge in [-0.15, -0.1) is 0 Å². The first kappa shape index (κ1) is 14.3. The van der Waals surface area contributed by atoms with E-state index in [1.807, 2.05) is 12.1 Å². The number of carbonyl (C=O) groups is 1. The van der Waals surface area contributed by atoms with E-state index in [9.17, 15) is 4.79 Å². The number of esters is 1. The van der Waals surface area contributed by atoms with E-state index in [2.05, 4.69) is 36.0 Å². The fourth-order valence-electron chi connectivity index (χ4n) is 2.19. The number of furan rings is 1. The van der Waals surface area contributed by atoms with Gasteiger partial charge in [0.25, 0.3) is 0 Å². The molecule has 4 nitrogen and oxygen atoms in total. The van der Waals surface area contributed by atoms with E-state index >= 15 is 0 Å². The Bertz CT molecular complexity index is 589. The molecule has 2 rings (SSSR count). The van der Waals surface area contributed by atoms with Crippen molar-refractivity contribution < 1.29 is 13.9 Å². The van der Waals surface area contributed by atoms with Gasteiger partial charge in [-0.2, -0.15) is 0 Å². The summed E-state index contributed by atoms with van der Waals surface area (Å²) in [6.07, 6.45) is 1.50. The Balaban J connectivity index is 2.04. The van der Waals surface area contributed by atoms with Crippen LogP contribution in [0.5, 0.6) is 0 Å². The molecule has 20 heavy (non-hydrogen) atoms. The van der Waals surface area contributed by atoms with Gasteiger partial charge in [0.2, 0.25) is 5.76 Å². The monoisotopic (exact) mass is 273 g/mol. The number of rotatable bonds is 5. The number of aryl methyl sites for hydroxylation is 1. The summed E-state index contributed by atoms with van der Waals surface area (Å²) in [5.41, 5.74) is 3.29. The molecule has 1 heterocycles. The molecule has 1 N–H and O–H groups in total. The third-order valence-corrected chi connectivity index (χ3v) is 3.37. The second-order valence-electron chi connectivity index (χ2n) is 4.73. The van der Waals surface area contributed by atoms with Crippen molar-refractivity contribution in [2.45, 2.75) is 26.4 Å². The Kier molecular flexibility index (Phi) is 4.58. The maximum absolute atomic E-state index is 11.5. The number of hydrogen-bond acceptors (Lipinski definition) is 4. The van der Waals surface area contributed by atoms with E-state index < -0.39 is 5.97 Å². The van der Waals surface area contributed by atoms with Crippen molar-refractivity contribution in [2.75, 3.05) is 7.11 Å². The summed E-state index contributed by atoms with van der Waals surface area (Å²) < 4.78 is 9.85. The summed E-state index contributed by atoms with van der Waals surface area (Å²) in [7, 11) is 1.35. The predicted molar refractivity (Wildman–Crippen MR) is 76.5 cm³/mol. The summed E-state index contributed by atoms with van der Waals surface area (Å²) in [5, 5.41) is 3.39. The Morgan fingerprint density at radius 3 is 2.80 bits per heavy atom. The molecule has 0 unspecified atom stereocenters. The highest BCUT2D eigenvalue weighted by atomic mass is 16.5. The number of benzene rings is 1. The third-order valence-electron chi connectivity index (χ3n) is 3.37. The van der Waals surface area contributed by atoms with Crippen LogP contribution in [0.2, 0.25) is 0 Å². The molecule has 0 spiro atoms. The van der Waals surface area contributed by atoms with E-state index in [1.54, 1.807) is 6.07 Å². The lowest BCUT2D eigenvalue weighted by molar-refractivity contribution is 0.0563. The van der Waals surface area contributed by atoms with Crippen LogP contribution in [0.1, 0.15) is 40.2 Å². The largest absolute Gasteiger partial charge is 0.463 e. The van der Waals surface area contributed by atoms with Crippen molar-refractivity contribution in [2.24, 2.45) is 0 Å². The first-order valence-corrected chi connectivity index (χ1v) is 6.57. The molecule has 0 aliphatic carbocycles. The number of ether oxygens (including phenoxy) is 1. The number of carbonyl (C=O) groups excluding carboxylic acids is 1. The highest BCUT2D eigenvalue weighted by molar-refractivity contribution is 5.87. The van der Waals surface area contributed by atoms with Crippen LogP contribution in [0.4, 0.5) is 0 Å². The molecule has 2 aromatic rings. The Morgan fingerprint density at radius 1 is 1.35 bits per heavy atom. The van der Waals surface area contributed by atoms with Gasteiger partial charge in [0.05, 0.1) is 13.4 Å². The maximum Gasteiger partial charge on any atom is 0.374 e. The molecule has 0 saturated carbocycles. The molecule has 1 atom stereocenters. The van der Waals surface area contributed by atoms with Crippen LogP contribution in [-0.4, -0.2) is 13.1 Å². The zero-order valence-corrected chi connectivity index (χ0v) is 12.0. The fourth-order valence-corrected chi connectivity index (χ4v) is 2.19. The minimum absolute atomic E-state index is 0.191. The smallest absolute Gasteiger partial charge is 0.374 e. The van der Waals surface area contributed by atoms with Crippen LogP contribution in [0.25, 0.3) is 0 Å². The van der Waals surface area contributed by atoms with E-state index in [0.29, 0.717) is 6.54 Å². The minimum Gasteiger partial charge on any atom is -0.463 e. The molecule has 1 aromatic heterocycles. The standard InChI is InChI=1S/C16H19NO3/c1-11-6-4-5-7-14(11)12(2)17-10-13-8-9-20-15(13)16(18)19-3/h4-9,12,17H,10H2,1-3H3/t12-/m0/s1. The van der Waals surface area contributed by atoms with Crippen molar-refractivity contribution in [3.05, 3.63) is 59.0 Å². The Labute approximate surface area is 118 Å². The van der Waals surface area contributed by atoms with Gasteiger partial charge >= 0.3 is 5.97 Å². The molecule has 0 saturated heterocycles. The molecule has 1 aromatic carbocycles. The molecule has 0 amide bonds. The molecular formula is C16H19NO3. The lowest BCUT2D eigenvalue weighted by Crippen LogP contribution is -2.20. The Morgan fingerprint density at radius 2 is 2.10 bits per heavy atom.